The molecule has 2 fully saturated rings. The van der Waals surface area contributed by atoms with Gasteiger partial charge in [0.1, 0.15) is 34.5 Å². The summed E-state index contributed by atoms with van der Waals surface area (Å²) in [4.78, 5) is 69.5. The molecule has 2 aliphatic heterocycles. The number of thiophene rings is 1. The van der Waals surface area contributed by atoms with Crippen LogP contribution in [0, 0.1) is 31.0 Å². The lowest BCUT2D eigenvalue weighted by Gasteiger charge is -2.28. The summed E-state index contributed by atoms with van der Waals surface area (Å²) < 4.78 is 53.3. The Bertz CT molecular complexity index is 1990. The number of carbonyl (C=O) groups is 5. The monoisotopic (exact) mass is 817 g/mol. The highest BCUT2D eigenvalue weighted by molar-refractivity contribution is 7.90. The van der Waals surface area contributed by atoms with E-state index in [9.17, 15) is 36.8 Å². The molecule has 17 heteroatoms. The highest BCUT2D eigenvalue weighted by Gasteiger charge is 2.55. The molecule has 1 aliphatic carbocycles. The van der Waals surface area contributed by atoms with E-state index < -0.39 is 75.0 Å². The first-order valence-electron chi connectivity index (χ1n) is 18.8. The highest BCUT2D eigenvalue weighted by Crippen LogP contribution is 2.53. The molecule has 3 heterocycles. The number of allylic oxidation sites excluding steroid dienone is 2. The third-order valence-corrected chi connectivity index (χ3v) is 12.9. The Hall–Kier alpha value is -4.51. The fourth-order valence-corrected chi connectivity index (χ4v) is 9.83. The van der Waals surface area contributed by atoms with Crippen LogP contribution in [0.5, 0.6) is 0 Å². The van der Waals surface area contributed by atoms with E-state index in [0.717, 1.165) is 11.3 Å². The molecule has 2 aromatic rings. The third-order valence-electron chi connectivity index (χ3n) is 10.4. The third kappa shape index (κ3) is 10.3. The number of likely N-dealkylation sites (tertiary alicyclic amines) is 1. The van der Waals surface area contributed by atoms with E-state index in [1.165, 1.54) is 27.2 Å². The second-order valence-electron chi connectivity index (χ2n) is 16.1. The molecule has 1 saturated carbocycles. The molecule has 5 rings (SSSR count). The average Bonchev–Trinajstić information content (AvgIpc) is 3.45. The van der Waals surface area contributed by atoms with Crippen LogP contribution < -0.4 is 15.8 Å². The van der Waals surface area contributed by atoms with Crippen LogP contribution >= 0.6 is 11.3 Å². The summed E-state index contributed by atoms with van der Waals surface area (Å²) in [5, 5.41) is 2.65. The maximum Gasteiger partial charge on any atom is 0.410 e. The number of nitrogens with zero attached hydrogens (tertiary/aromatic N) is 2. The van der Waals surface area contributed by atoms with Crippen LogP contribution in [0.3, 0.4) is 0 Å². The Kier molecular flexibility index (Phi) is 12.9. The maximum absolute atomic E-state index is 14.3. The molecular formula is C39H52FN5O9S2. The summed E-state index contributed by atoms with van der Waals surface area (Å²) in [7, 11) is -3.96. The number of alkyl carbamates (subject to hydrolysis) is 1. The van der Waals surface area contributed by atoms with Gasteiger partial charge < -0.3 is 25.4 Å². The summed E-state index contributed by atoms with van der Waals surface area (Å²) >= 11 is 1.36. The van der Waals surface area contributed by atoms with Gasteiger partial charge >= 0.3 is 12.2 Å². The lowest BCUT2D eigenvalue weighted by atomic mass is 10.0. The van der Waals surface area contributed by atoms with Gasteiger partial charge in [0, 0.05) is 28.3 Å². The van der Waals surface area contributed by atoms with Gasteiger partial charge in [0.05, 0.1) is 18.5 Å². The molecule has 1 saturated heterocycles. The number of carbonyl (C=O) groups excluding carboxylic acids is 5. The summed E-state index contributed by atoms with van der Waals surface area (Å²) in [5.41, 5.74) is 5.12. The van der Waals surface area contributed by atoms with Crippen molar-refractivity contribution in [1.29, 1.82) is 0 Å². The fraction of sp³-hybridized carbons (Fsp3) is 0.564. The van der Waals surface area contributed by atoms with Crippen LogP contribution in [0.15, 0.2) is 41.3 Å². The van der Waals surface area contributed by atoms with E-state index in [2.05, 4.69) is 10.0 Å². The molecule has 5 amide bonds. The molecule has 0 unspecified atom stereocenters. The first kappa shape index (κ1) is 42.6. The van der Waals surface area contributed by atoms with Gasteiger partial charge in [-0.25, -0.2) is 27.1 Å². The summed E-state index contributed by atoms with van der Waals surface area (Å²) in [6, 6.07) is 4.05. The van der Waals surface area contributed by atoms with Crippen molar-refractivity contribution in [2.75, 3.05) is 6.54 Å². The Morgan fingerprint density at radius 3 is 2.50 bits per heavy atom. The van der Waals surface area contributed by atoms with Gasteiger partial charge in [0.25, 0.3) is 10.0 Å². The second-order valence-corrected chi connectivity index (χ2v) is 19.2. The normalized spacial score (nSPS) is 22.4. The van der Waals surface area contributed by atoms with E-state index in [-0.39, 0.29) is 43.3 Å². The number of benzene rings is 1. The number of ether oxygens (including phenoxy) is 2. The number of hydrogen-bond donors (Lipinski definition) is 3. The van der Waals surface area contributed by atoms with Crippen LogP contribution in [0.4, 0.5) is 14.0 Å². The standard InChI is InChI=1S/C39H52FN5O9S2/c1-23-17-32(24(2)55-23)56(51,52)43-35(48)39(6)19-26(39)14-10-8-7-9-11-16-30(42-36(49)54-38(3,4)5)34(47)45-21-27(18-31(45)33(41)46)53-37(50)44-20-25-13-12-15-29(40)28(25)22-44/h10,12-15,17,26-27,30-31H,7-9,11,16,18-22H2,1-6H3,(H2,41,46)(H,42,49)(H,43,48)/b14-10-/t26-,27-,30+,31+,39+/m1/s1. The molecule has 5 atom stereocenters. The highest BCUT2D eigenvalue weighted by atomic mass is 32.2. The minimum absolute atomic E-state index is 0.0288. The van der Waals surface area contributed by atoms with Crippen molar-refractivity contribution in [3.05, 3.63) is 63.1 Å². The predicted molar refractivity (Wildman–Crippen MR) is 206 cm³/mol. The smallest absolute Gasteiger partial charge is 0.410 e. The molecule has 0 bridgehead atoms. The van der Waals surface area contributed by atoms with Gasteiger partial charge in [-0.05, 0) is 83.9 Å². The molecule has 0 radical (unpaired) electrons. The molecule has 3 aliphatic rings. The zero-order valence-electron chi connectivity index (χ0n) is 32.7. The predicted octanol–water partition coefficient (Wildman–Crippen LogP) is 5.34. The number of hydrogen-bond acceptors (Lipinski definition) is 10. The Morgan fingerprint density at radius 1 is 1.12 bits per heavy atom. The van der Waals surface area contributed by atoms with Gasteiger partial charge in [0.2, 0.25) is 17.7 Å². The van der Waals surface area contributed by atoms with Crippen LogP contribution in [0.1, 0.15) is 93.5 Å². The van der Waals surface area contributed by atoms with Crippen molar-refractivity contribution in [1.82, 2.24) is 19.8 Å². The number of fused-ring (bicyclic) bond motifs is 1. The van der Waals surface area contributed by atoms with Crippen LogP contribution in [-0.2, 0) is 47.0 Å². The lowest BCUT2D eigenvalue weighted by molar-refractivity contribution is -0.139. The SMILES string of the molecule is Cc1cc(S(=O)(=O)NC(=O)[C@@]2(C)C[C@H]2/C=C\CCCCC[C@H](NC(=O)OC(C)(C)C)C(=O)N2C[C@H](OC(=O)N3Cc4cccc(F)c4C3)C[C@H]2C(N)=O)c(C)s1. The van der Waals surface area contributed by atoms with Crippen molar-refractivity contribution in [2.45, 2.75) is 128 Å². The van der Waals surface area contributed by atoms with Crippen molar-refractivity contribution in [2.24, 2.45) is 17.1 Å². The lowest BCUT2D eigenvalue weighted by Crippen LogP contribution is -2.53. The zero-order valence-corrected chi connectivity index (χ0v) is 34.3. The van der Waals surface area contributed by atoms with Crippen molar-refractivity contribution >= 4 is 51.3 Å². The van der Waals surface area contributed by atoms with Gasteiger partial charge in [-0.15, -0.1) is 11.3 Å². The molecule has 1 aromatic carbocycles. The van der Waals surface area contributed by atoms with Crippen LogP contribution in [-0.4, -0.2) is 78.5 Å². The minimum Gasteiger partial charge on any atom is -0.444 e. The summed E-state index contributed by atoms with van der Waals surface area (Å²) in [6.07, 6.45) is 4.89. The molecule has 14 nitrogen and oxygen atoms in total. The number of nitrogens with one attached hydrogen (secondary N) is 2. The largest absolute Gasteiger partial charge is 0.444 e. The van der Waals surface area contributed by atoms with E-state index >= 15 is 0 Å². The van der Waals surface area contributed by atoms with Gasteiger partial charge in [-0.3, -0.25) is 19.3 Å². The molecule has 306 valence electrons. The Labute approximate surface area is 331 Å². The summed E-state index contributed by atoms with van der Waals surface area (Å²) in [6.45, 7) is 10.4. The Morgan fingerprint density at radius 2 is 1.86 bits per heavy atom. The van der Waals surface area contributed by atoms with Crippen molar-refractivity contribution in [3.63, 3.8) is 0 Å². The molecule has 4 N–H and O–H groups in total. The van der Waals surface area contributed by atoms with E-state index in [0.29, 0.717) is 41.7 Å². The number of rotatable bonds is 14. The number of primary amides is 1. The van der Waals surface area contributed by atoms with Gasteiger partial charge in [0.15, 0.2) is 0 Å². The summed E-state index contributed by atoms with van der Waals surface area (Å²) in [5.74, 6) is -2.39. The number of nitrogens with two attached hydrogens (primary N) is 1. The molecule has 56 heavy (non-hydrogen) atoms. The van der Waals surface area contributed by atoms with E-state index in [1.54, 1.807) is 52.8 Å². The van der Waals surface area contributed by atoms with Crippen molar-refractivity contribution < 1.29 is 46.3 Å². The zero-order chi connectivity index (χ0) is 41.2. The van der Waals surface area contributed by atoms with Gasteiger partial charge in [-0.1, -0.05) is 44.1 Å². The van der Waals surface area contributed by atoms with E-state index in [1.807, 2.05) is 19.1 Å². The van der Waals surface area contributed by atoms with Crippen LogP contribution in [0.2, 0.25) is 0 Å². The average molecular weight is 818 g/mol. The van der Waals surface area contributed by atoms with Gasteiger partial charge in [-0.2, -0.15) is 0 Å². The quantitative estimate of drug-likeness (QED) is 0.167. The number of amides is 5. The molecule has 0 spiro atoms. The topological polar surface area (TPSA) is 195 Å². The number of aryl methyl sites for hydroxylation is 2. The number of sulfonamides is 1. The fourth-order valence-electron chi connectivity index (χ4n) is 7.19. The maximum atomic E-state index is 14.3. The molecular weight excluding hydrogens is 766 g/mol. The first-order valence-corrected chi connectivity index (χ1v) is 21.1. The van der Waals surface area contributed by atoms with Crippen LogP contribution in [0.25, 0.3) is 0 Å². The number of unbranched alkanes of at least 4 members (excludes halogenated alkanes) is 3. The second kappa shape index (κ2) is 16.9. The minimum atomic E-state index is -3.96. The Balaban J connectivity index is 1.12. The van der Waals surface area contributed by atoms with E-state index in [4.69, 9.17) is 15.2 Å². The van der Waals surface area contributed by atoms with Crippen molar-refractivity contribution in [3.8, 4) is 0 Å². The first-order chi connectivity index (χ1) is 26.2. The number of halogens is 1. The molecule has 1 aromatic heterocycles.